The molecule has 4 nitrogen and oxygen atoms in total. The average Bonchev–Trinajstić information content (AvgIpc) is 2.11. The fraction of sp³-hybridized carbons (Fsp3) is 0.300. The van der Waals surface area contributed by atoms with Crippen LogP contribution in [0.3, 0.4) is 0 Å². The molecule has 0 radical (unpaired) electrons. The Bertz CT molecular complexity index is 391. The van der Waals surface area contributed by atoms with Gasteiger partial charge in [0.1, 0.15) is 0 Å². The number of esters is 1. The largest absolute Gasteiger partial charge is 0.459 e. The first kappa shape index (κ1) is 11.7. The molecule has 0 fully saturated rings. The molecular formula is C10H14N2O2S. The fourth-order valence-electron chi connectivity index (χ4n) is 1.11. The Morgan fingerprint density at radius 3 is 2.53 bits per heavy atom. The number of anilines is 2. The number of thiol groups is 1. The second-order valence-corrected chi connectivity index (χ2v) is 3.90. The Balaban J connectivity index is 3.13. The van der Waals surface area contributed by atoms with Crippen molar-refractivity contribution in [3.05, 3.63) is 17.7 Å². The van der Waals surface area contributed by atoms with E-state index in [1.807, 2.05) is 0 Å². The smallest absolute Gasteiger partial charge is 0.341 e. The molecule has 0 atom stereocenters. The lowest BCUT2D eigenvalue weighted by Gasteiger charge is -2.12. The molecule has 0 bridgehead atoms. The first-order chi connectivity index (χ1) is 6.93. The Kier molecular flexibility index (Phi) is 3.47. The maximum atomic E-state index is 11.6. The van der Waals surface area contributed by atoms with Gasteiger partial charge in [-0.05, 0) is 26.0 Å². The number of carbonyl (C=O) groups excluding carboxylic acids is 1. The van der Waals surface area contributed by atoms with E-state index < -0.39 is 5.97 Å². The minimum atomic E-state index is -0.500. The van der Waals surface area contributed by atoms with Gasteiger partial charge in [-0.2, -0.15) is 0 Å². The van der Waals surface area contributed by atoms with E-state index in [-0.39, 0.29) is 17.4 Å². The van der Waals surface area contributed by atoms with Crippen LogP contribution in [-0.2, 0) is 4.74 Å². The normalized spacial score (nSPS) is 10.4. The van der Waals surface area contributed by atoms with Crippen LogP contribution >= 0.6 is 12.6 Å². The SMILES string of the molecule is CC(C)OC(=O)c1c(S)ccc(N)c1N. The highest BCUT2D eigenvalue weighted by Gasteiger charge is 2.17. The van der Waals surface area contributed by atoms with Gasteiger partial charge in [-0.15, -0.1) is 12.6 Å². The van der Waals surface area contributed by atoms with Crippen molar-refractivity contribution in [3.8, 4) is 0 Å². The van der Waals surface area contributed by atoms with Crippen LogP contribution < -0.4 is 11.5 Å². The van der Waals surface area contributed by atoms with Crippen molar-refractivity contribution in [2.24, 2.45) is 0 Å². The molecule has 0 aliphatic rings. The molecule has 0 heterocycles. The number of ether oxygens (including phenoxy) is 1. The molecule has 0 amide bonds. The zero-order valence-electron chi connectivity index (χ0n) is 8.65. The molecular weight excluding hydrogens is 212 g/mol. The van der Waals surface area contributed by atoms with Crippen LogP contribution in [0.25, 0.3) is 0 Å². The summed E-state index contributed by atoms with van der Waals surface area (Å²) < 4.78 is 5.03. The Morgan fingerprint density at radius 2 is 2.00 bits per heavy atom. The summed E-state index contributed by atoms with van der Waals surface area (Å²) in [6.07, 6.45) is -0.203. The summed E-state index contributed by atoms with van der Waals surface area (Å²) in [5.41, 5.74) is 12.1. The van der Waals surface area contributed by atoms with Gasteiger partial charge >= 0.3 is 5.97 Å². The highest BCUT2D eigenvalue weighted by atomic mass is 32.1. The third kappa shape index (κ3) is 2.56. The lowest BCUT2D eigenvalue weighted by Crippen LogP contribution is -2.15. The maximum absolute atomic E-state index is 11.6. The number of benzene rings is 1. The molecule has 0 aliphatic heterocycles. The van der Waals surface area contributed by atoms with Crippen LogP contribution in [0.1, 0.15) is 24.2 Å². The number of nitrogens with two attached hydrogens (primary N) is 2. The summed E-state index contributed by atoms with van der Waals surface area (Å²) >= 11 is 4.14. The molecule has 0 saturated carbocycles. The monoisotopic (exact) mass is 226 g/mol. The molecule has 0 aromatic heterocycles. The maximum Gasteiger partial charge on any atom is 0.341 e. The first-order valence-electron chi connectivity index (χ1n) is 4.51. The third-order valence-corrected chi connectivity index (χ3v) is 2.18. The van der Waals surface area contributed by atoms with E-state index in [2.05, 4.69) is 12.6 Å². The van der Waals surface area contributed by atoms with E-state index in [9.17, 15) is 4.79 Å². The van der Waals surface area contributed by atoms with Crippen molar-refractivity contribution in [1.29, 1.82) is 0 Å². The Hall–Kier alpha value is -1.36. The van der Waals surface area contributed by atoms with Crippen molar-refractivity contribution < 1.29 is 9.53 Å². The van der Waals surface area contributed by atoms with Crippen LogP contribution in [-0.4, -0.2) is 12.1 Å². The molecule has 15 heavy (non-hydrogen) atoms. The zero-order valence-corrected chi connectivity index (χ0v) is 9.54. The lowest BCUT2D eigenvalue weighted by molar-refractivity contribution is 0.0375. The van der Waals surface area contributed by atoms with Crippen LogP contribution in [0.4, 0.5) is 11.4 Å². The first-order valence-corrected chi connectivity index (χ1v) is 4.96. The molecule has 1 rings (SSSR count). The summed E-state index contributed by atoms with van der Waals surface area (Å²) in [6.45, 7) is 3.52. The van der Waals surface area contributed by atoms with Gasteiger partial charge in [0.15, 0.2) is 0 Å². The Labute approximate surface area is 94.0 Å². The van der Waals surface area contributed by atoms with E-state index in [0.29, 0.717) is 10.6 Å². The highest BCUT2D eigenvalue weighted by molar-refractivity contribution is 7.80. The van der Waals surface area contributed by atoms with Gasteiger partial charge in [-0.25, -0.2) is 4.79 Å². The topological polar surface area (TPSA) is 78.3 Å². The molecule has 82 valence electrons. The van der Waals surface area contributed by atoms with E-state index in [1.165, 1.54) is 0 Å². The molecule has 0 unspecified atom stereocenters. The van der Waals surface area contributed by atoms with Crippen LogP contribution in [0.2, 0.25) is 0 Å². The van der Waals surface area contributed by atoms with E-state index in [0.717, 1.165) is 0 Å². The number of nitrogen functional groups attached to an aromatic ring is 2. The van der Waals surface area contributed by atoms with E-state index >= 15 is 0 Å². The molecule has 1 aromatic carbocycles. The average molecular weight is 226 g/mol. The summed E-state index contributed by atoms with van der Waals surface area (Å²) in [7, 11) is 0. The minimum absolute atomic E-state index is 0.203. The van der Waals surface area contributed by atoms with Gasteiger partial charge in [0.25, 0.3) is 0 Å². The van der Waals surface area contributed by atoms with Crippen LogP contribution in [0.15, 0.2) is 17.0 Å². The van der Waals surface area contributed by atoms with E-state index in [1.54, 1.807) is 26.0 Å². The van der Waals surface area contributed by atoms with Gasteiger partial charge in [0.2, 0.25) is 0 Å². The Morgan fingerprint density at radius 1 is 1.40 bits per heavy atom. The highest BCUT2D eigenvalue weighted by Crippen LogP contribution is 2.27. The summed E-state index contributed by atoms with van der Waals surface area (Å²) in [5, 5.41) is 0. The molecule has 0 aliphatic carbocycles. The number of rotatable bonds is 2. The molecule has 0 spiro atoms. The minimum Gasteiger partial charge on any atom is -0.459 e. The van der Waals surface area contributed by atoms with Crippen LogP contribution in [0, 0.1) is 0 Å². The summed E-state index contributed by atoms with van der Waals surface area (Å²) in [5.74, 6) is -0.500. The predicted octanol–water partition coefficient (Wildman–Crippen LogP) is 1.70. The second kappa shape index (κ2) is 4.44. The molecule has 0 saturated heterocycles. The summed E-state index contributed by atoms with van der Waals surface area (Å²) in [4.78, 5) is 12.1. The quantitative estimate of drug-likeness (QED) is 0.407. The second-order valence-electron chi connectivity index (χ2n) is 3.42. The van der Waals surface area contributed by atoms with Crippen molar-refractivity contribution in [2.45, 2.75) is 24.8 Å². The third-order valence-electron chi connectivity index (χ3n) is 1.80. The van der Waals surface area contributed by atoms with Crippen LogP contribution in [0.5, 0.6) is 0 Å². The molecule has 4 N–H and O–H groups in total. The van der Waals surface area contributed by atoms with Gasteiger partial charge in [-0.3, -0.25) is 0 Å². The number of hydrogen-bond donors (Lipinski definition) is 3. The van der Waals surface area contributed by atoms with Crippen molar-refractivity contribution in [3.63, 3.8) is 0 Å². The predicted molar refractivity (Wildman–Crippen MR) is 63.1 cm³/mol. The van der Waals surface area contributed by atoms with Crippen molar-refractivity contribution in [1.82, 2.24) is 0 Å². The van der Waals surface area contributed by atoms with Gasteiger partial charge in [0, 0.05) is 4.90 Å². The van der Waals surface area contributed by atoms with Gasteiger partial charge in [-0.1, -0.05) is 0 Å². The number of hydrogen-bond acceptors (Lipinski definition) is 5. The standard InChI is InChI=1S/C10H14N2O2S/c1-5(2)14-10(13)8-7(15)4-3-6(11)9(8)12/h3-5,15H,11-12H2,1-2H3. The lowest BCUT2D eigenvalue weighted by atomic mass is 10.1. The zero-order chi connectivity index (χ0) is 11.6. The number of carbonyl (C=O) groups is 1. The van der Waals surface area contributed by atoms with Gasteiger partial charge in [0.05, 0.1) is 23.0 Å². The fourth-order valence-corrected chi connectivity index (χ4v) is 1.40. The van der Waals surface area contributed by atoms with Crippen molar-refractivity contribution >= 4 is 30.0 Å². The van der Waals surface area contributed by atoms with Crippen molar-refractivity contribution in [2.75, 3.05) is 11.5 Å². The van der Waals surface area contributed by atoms with E-state index in [4.69, 9.17) is 16.2 Å². The molecule has 5 heteroatoms. The molecule has 1 aromatic rings. The summed E-state index contributed by atoms with van der Waals surface area (Å²) in [6, 6.07) is 3.22. The van der Waals surface area contributed by atoms with Gasteiger partial charge < -0.3 is 16.2 Å².